The van der Waals surface area contributed by atoms with Crippen LogP contribution in [-0.4, -0.2) is 76.9 Å². The molecule has 0 saturated carbocycles. The third-order valence-electron chi connectivity index (χ3n) is 8.62. The van der Waals surface area contributed by atoms with Crippen molar-refractivity contribution in [2.75, 3.05) is 10.6 Å². The molecule has 0 radical (unpaired) electrons. The molecular weight excluding hydrogens is 682 g/mol. The Labute approximate surface area is 307 Å². The molecule has 1 heterocycles. The average Bonchev–Trinajstić information content (AvgIpc) is 3.11. The molecule has 0 unspecified atom stereocenters. The Balaban J connectivity index is 1.61. The van der Waals surface area contributed by atoms with Crippen molar-refractivity contribution in [2.24, 2.45) is 5.92 Å². The van der Waals surface area contributed by atoms with Crippen molar-refractivity contribution in [1.82, 2.24) is 26.6 Å². The monoisotopic (exact) mass is 727 g/mol. The van der Waals surface area contributed by atoms with Gasteiger partial charge < -0.3 is 42.3 Å². The molecule has 53 heavy (non-hydrogen) atoms. The van der Waals surface area contributed by atoms with E-state index in [1.807, 2.05) is 19.1 Å². The molecular formula is C38H45N7O8. The molecule has 1 aliphatic heterocycles. The number of hydrogen-bond acceptors (Lipinski definition) is 7. The maximum Gasteiger partial charge on any atom is 0.326 e. The lowest BCUT2D eigenvalue weighted by atomic mass is 10.0. The van der Waals surface area contributed by atoms with Gasteiger partial charge >= 0.3 is 12.0 Å². The van der Waals surface area contributed by atoms with E-state index in [1.54, 1.807) is 80.6 Å². The Morgan fingerprint density at radius 3 is 1.91 bits per heavy atom. The van der Waals surface area contributed by atoms with Crippen molar-refractivity contribution < 1.29 is 38.7 Å². The minimum atomic E-state index is -1.68. The number of para-hydroxylation sites is 1. The quantitative estimate of drug-likeness (QED) is 0.171. The van der Waals surface area contributed by atoms with Gasteiger partial charge in [0.05, 0.1) is 6.42 Å². The fourth-order valence-corrected chi connectivity index (χ4v) is 5.59. The molecule has 1 aliphatic rings. The van der Waals surface area contributed by atoms with Gasteiger partial charge in [-0.3, -0.25) is 24.0 Å². The highest BCUT2D eigenvalue weighted by atomic mass is 16.4. The smallest absolute Gasteiger partial charge is 0.326 e. The highest BCUT2D eigenvalue weighted by Gasteiger charge is 2.34. The summed E-state index contributed by atoms with van der Waals surface area (Å²) in [5.74, 6) is -5.83. The number of carbonyl (C=O) groups excluding carboxylic acids is 6. The molecule has 3 aromatic carbocycles. The van der Waals surface area contributed by atoms with E-state index in [0.29, 0.717) is 22.5 Å². The number of rotatable bonds is 8. The Kier molecular flexibility index (Phi) is 13.7. The van der Waals surface area contributed by atoms with Crippen LogP contribution in [0.25, 0.3) is 0 Å². The summed E-state index contributed by atoms with van der Waals surface area (Å²) in [5, 5.41) is 28.1. The fourth-order valence-electron chi connectivity index (χ4n) is 5.59. The number of aliphatic carboxylic acids is 1. The van der Waals surface area contributed by atoms with E-state index in [0.717, 1.165) is 5.56 Å². The predicted octanol–water partition coefficient (Wildman–Crippen LogP) is 2.01. The van der Waals surface area contributed by atoms with Gasteiger partial charge in [-0.15, -0.1) is 0 Å². The SMILES string of the molecule is Cc1ccccc1NC(=O)Nc1ccc(C[C@@H]2NC(=O)C[C@@H](C(=O)O)NC(=O)[C@H](C(C)C)NC(=O)[C@H](C)NC(=O)[C@H](Cc3ccccc3)NC2=O)cc1. The summed E-state index contributed by atoms with van der Waals surface area (Å²) < 4.78 is 0. The second-order valence-corrected chi connectivity index (χ2v) is 13.2. The van der Waals surface area contributed by atoms with Gasteiger partial charge in [0.15, 0.2) is 0 Å². The van der Waals surface area contributed by atoms with E-state index in [9.17, 15) is 38.7 Å². The third kappa shape index (κ3) is 11.6. The largest absolute Gasteiger partial charge is 0.480 e. The van der Waals surface area contributed by atoms with Crippen LogP contribution in [0.5, 0.6) is 0 Å². The fraction of sp³-hybridized carbons (Fsp3) is 0.342. The van der Waals surface area contributed by atoms with Gasteiger partial charge in [0.25, 0.3) is 0 Å². The first-order valence-corrected chi connectivity index (χ1v) is 17.2. The number of benzene rings is 3. The predicted molar refractivity (Wildman–Crippen MR) is 197 cm³/mol. The van der Waals surface area contributed by atoms with Gasteiger partial charge in [0.1, 0.15) is 30.2 Å². The first-order valence-electron chi connectivity index (χ1n) is 17.2. The van der Waals surface area contributed by atoms with E-state index < -0.39 is 84.1 Å². The molecule has 3 aromatic rings. The number of anilines is 2. The zero-order chi connectivity index (χ0) is 38.7. The van der Waals surface area contributed by atoms with Crippen LogP contribution in [0.3, 0.4) is 0 Å². The summed E-state index contributed by atoms with van der Waals surface area (Å²) >= 11 is 0. The van der Waals surface area contributed by atoms with E-state index in [1.165, 1.54) is 6.92 Å². The maximum absolute atomic E-state index is 13.9. The minimum absolute atomic E-state index is 0.0382. The van der Waals surface area contributed by atoms with Crippen molar-refractivity contribution in [3.63, 3.8) is 0 Å². The number of carboxylic acids is 1. The maximum atomic E-state index is 13.9. The van der Waals surface area contributed by atoms with Crippen LogP contribution >= 0.6 is 0 Å². The average molecular weight is 728 g/mol. The standard InChI is InChI=1S/C38H45N7O8/c1-21(2)32-36(50)43-30(37(51)52)20-31(46)41-28(19-25-14-16-26(17-15-25)40-38(53)44-27-13-9-8-10-22(27)3)35(49)42-29(18-24-11-6-5-7-12-24)34(48)39-23(4)33(47)45-32/h5-17,21,23,28-30,32H,18-20H2,1-4H3,(H,39,48)(H,41,46)(H,42,49)(H,43,50)(H,45,47)(H,51,52)(H2,40,44,53)/t23-,28-,29-,30-,32-/m0/s1. The molecule has 0 spiro atoms. The van der Waals surface area contributed by atoms with Gasteiger partial charge in [-0.2, -0.15) is 0 Å². The molecule has 280 valence electrons. The minimum Gasteiger partial charge on any atom is -0.480 e. The van der Waals surface area contributed by atoms with Crippen LogP contribution in [0.15, 0.2) is 78.9 Å². The van der Waals surface area contributed by atoms with Crippen molar-refractivity contribution in [1.29, 1.82) is 0 Å². The lowest BCUT2D eigenvalue weighted by Crippen LogP contribution is -2.60. The second-order valence-electron chi connectivity index (χ2n) is 13.2. The number of carboxylic acid groups (broad SMARTS) is 1. The summed E-state index contributed by atoms with van der Waals surface area (Å²) in [6.45, 7) is 6.57. The van der Waals surface area contributed by atoms with E-state index in [-0.39, 0.29) is 12.8 Å². The first-order chi connectivity index (χ1) is 25.2. The van der Waals surface area contributed by atoms with Gasteiger partial charge in [0, 0.05) is 24.2 Å². The zero-order valence-corrected chi connectivity index (χ0v) is 29.9. The number of amides is 7. The molecule has 0 aliphatic carbocycles. The molecule has 1 saturated heterocycles. The summed E-state index contributed by atoms with van der Waals surface area (Å²) in [6, 6.07) is 15.7. The number of aryl methyl sites for hydroxylation is 1. The van der Waals surface area contributed by atoms with Crippen LogP contribution in [0.2, 0.25) is 0 Å². The lowest BCUT2D eigenvalue weighted by molar-refractivity contribution is -0.144. The Morgan fingerprint density at radius 2 is 1.28 bits per heavy atom. The van der Waals surface area contributed by atoms with Crippen LogP contribution in [0.4, 0.5) is 16.2 Å². The topological polar surface area (TPSA) is 224 Å². The van der Waals surface area contributed by atoms with Gasteiger partial charge in [0.2, 0.25) is 29.5 Å². The number of hydrogen-bond donors (Lipinski definition) is 8. The Morgan fingerprint density at radius 1 is 0.698 bits per heavy atom. The molecule has 1 fully saturated rings. The molecule has 15 heteroatoms. The van der Waals surface area contributed by atoms with E-state index in [4.69, 9.17) is 0 Å². The molecule has 0 bridgehead atoms. The molecule has 0 aromatic heterocycles. The second kappa shape index (κ2) is 18.3. The van der Waals surface area contributed by atoms with Crippen LogP contribution in [-0.2, 0) is 41.6 Å². The number of nitrogens with one attached hydrogen (secondary N) is 7. The molecule has 4 rings (SSSR count). The van der Waals surface area contributed by atoms with Crippen molar-refractivity contribution >= 4 is 52.9 Å². The highest BCUT2D eigenvalue weighted by Crippen LogP contribution is 2.16. The molecule has 7 amide bonds. The highest BCUT2D eigenvalue weighted by molar-refractivity contribution is 6.00. The van der Waals surface area contributed by atoms with Crippen molar-refractivity contribution in [2.45, 2.75) is 77.2 Å². The van der Waals surface area contributed by atoms with Crippen LogP contribution in [0.1, 0.15) is 43.9 Å². The van der Waals surface area contributed by atoms with Crippen molar-refractivity contribution in [3.8, 4) is 0 Å². The molecule has 8 N–H and O–H groups in total. The zero-order valence-electron chi connectivity index (χ0n) is 29.9. The van der Waals surface area contributed by atoms with E-state index >= 15 is 0 Å². The van der Waals surface area contributed by atoms with Crippen LogP contribution < -0.4 is 37.2 Å². The summed E-state index contributed by atoms with van der Waals surface area (Å²) in [4.78, 5) is 92.0. The normalized spacial score (nSPS) is 21.7. The summed E-state index contributed by atoms with van der Waals surface area (Å²) in [6.07, 6.45) is -0.783. The number of carbonyl (C=O) groups is 7. The van der Waals surface area contributed by atoms with E-state index in [2.05, 4.69) is 37.2 Å². The Hall–Kier alpha value is -6.25. The van der Waals surface area contributed by atoms with Gasteiger partial charge in [-0.1, -0.05) is 74.5 Å². The summed E-state index contributed by atoms with van der Waals surface area (Å²) in [5.41, 5.74) is 3.24. The van der Waals surface area contributed by atoms with Crippen LogP contribution in [0, 0.1) is 12.8 Å². The molecule has 15 nitrogen and oxygen atoms in total. The number of urea groups is 1. The summed E-state index contributed by atoms with van der Waals surface area (Å²) in [7, 11) is 0. The first kappa shape index (κ1) is 39.5. The Bertz CT molecular complexity index is 1820. The lowest BCUT2D eigenvalue weighted by Gasteiger charge is -2.28. The van der Waals surface area contributed by atoms with Gasteiger partial charge in [-0.25, -0.2) is 9.59 Å². The third-order valence-corrected chi connectivity index (χ3v) is 8.62. The molecule has 5 atom stereocenters. The van der Waals surface area contributed by atoms with Crippen molar-refractivity contribution in [3.05, 3.63) is 95.6 Å². The van der Waals surface area contributed by atoms with Gasteiger partial charge in [-0.05, 0) is 54.7 Å².